The zero-order valence-electron chi connectivity index (χ0n) is 12.2. The van der Waals surface area contributed by atoms with Crippen LogP contribution in [0.5, 0.6) is 0 Å². The van der Waals surface area contributed by atoms with E-state index in [1.54, 1.807) is 18.2 Å². The van der Waals surface area contributed by atoms with Crippen molar-refractivity contribution in [2.24, 2.45) is 0 Å². The van der Waals surface area contributed by atoms with Crippen LogP contribution >= 0.6 is 27.5 Å². The van der Waals surface area contributed by atoms with Gasteiger partial charge in [-0.3, -0.25) is 9.59 Å². The Morgan fingerprint density at radius 1 is 1.33 bits per heavy atom. The number of pyridine rings is 1. The van der Waals surface area contributed by atoms with Crippen molar-refractivity contribution in [2.45, 2.75) is 19.6 Å². The summed E-state index contributed by atoms with van der Waals surface area (Å²) in [5, 5.41) is 1.92. The van der Waals surface area contributed by atoms with Crippen molar-refractivity contribution in [3.05, 3.63) is 61.4 Å². The van der Waals surface area contributed by atoms with E-state index in [9.17, 15) is 22.8 Å². The lowest BCUT2D eigenvalue weighted by Crippen LogP contribution is -2.29. The molecule has 9 heteroatoms. The van der Waals surface area contributed by atoms with Crippen LogP contribution in [-0.4, -0.2) is 10.5 Å². The van der Waals surface area contributed by atoms with E-state index in [1.165, 1.54) is 0 Å². The van der Waals surface area contributed by atoms with Crippen molar-refractivity contribution in [1.29, 1.82) is 0 Å². The molecule has 0 atom stereocenters. The molecule has 128 valence electrons. The van der Waals surface area contributed by atoms with Crippen LogP contribution in [0.3, 0.4) is 0 Å². The predicted octanol–water partition coefficient (Wildman–Crippen LogP) is 4.23. The molecule has 0 saturated heterocycles. The first-order valence-electron chi connectivity index (χ1n) is 6.61. The smallest absolute Gasteiger partial charge is 0.325 e. The van der Waals surface area contributed by atoms with Crippen molar-refractivity contribution >= 4 is 39.1 Å². The number of nitrogens with one attached hydrogen (secondary N) is 1. The molecule has 0 bridgehead atoms. The molecule has 0 aliphatic heterocycles. The number of hydrogen-bond acceptors (Lipinski definition) is 2. The number of hydrogen-bond donors (Lipinski definition) is 1. The summed E-state index contributed by atoms with van der Waals surface area (Å²) in [4.78, 5) is 23.8. The largest absolute Gasteiger partial charge is 0.417 e. The molecule has 1 amide bonds. The lowest BCUT2D eigenvalue weighted by molar-refractivity contribution is -0.138. The molecule has 0 aliphatic carbocycles. The second kappa shape index (κ2) is 6.98. The van der Waals surface area contributed by atoms with Crippen LogP contribution in [-0.2, 0) is 17.5 Å². The van der Waals surface area contributed by atoms with Gasteiger partial charge in [-0.05, 0) is 36.8 Å². The molecule has 1 heterocycles. The van der Waals surface area contributed by atoms with Gasteiger partial charge in [0.15, 0.2) is 0 Å². The average molecular weight is 424 g/mol. The Balaban J connectivity index is 2.24. The number of rotatable bonds is 3. The Hall–Kier alpha value is -1.80. The number of benzene rings is 1. The SMILES string of the molecule is Cc1cc(NC(=O)Cn2cc(C(F)(F)F)cc(Cl)c2=O)ccc1Br. The third-order valence-corrected chi connectivity index (χ3v) is 4.29. The van der Waals surface area contributed by atoms with E-state index >= 15 is 0 Å². The number of aryl methyl sites for hydroxylation is 1. The standard InChI is InChI=1S/C15H11BrClF3N2O2/c1-8-4-10(2-3-11(8)16)21-13(23)7-22-6-9(15(18,19)20)5-12(17)14(22)24/h2-6H,7H2,1H3,(H,21,23). The van der Waals surface area contributed by atoms with E-state index in [0.717, 1.165) is 10.0 Å². The van der Waals surface area contributed by atoms with Crippen LogP contribution < -0.4 is 10.9 Å². The lowest BCUT2D eigenvalue weighted by atomic mass is 10.2. The lowest BCUT2D eigenvalue weighted by Gasteiger charge is -2.12. The highest BCUT2D eigenvalue weighted by atomic mass is 79.9. The number of nitrogens with zero attached hydrogens (tertiary/aromatic N) is 1. The second-order valence-electron chi connectivity index (χ2n) is 5.02. The summed E-state index contributed by atoms with van der Waals surface area (Å²) in [5.74, 6) is -0.644. The van der Waals surface area contributed by atoms with Gasteiger partial charge >= 0.3 is 6.18 Å². The number of carbonyl (C=O) groups excluding carboxylic acids is 1. The summed E-state index contributed by atoms with van der Waals surface area (Å²) in [5.41, 5.74) is -0.634. The van der Waals surface area contributed by atoms with Crippen molar-refractivity contribution in [3.63, 3.8) is 0 Å². The average Bonchev–Trinajstić information content (AvgIpc) is 2.46. The molecule has 0 radical (unpaired) electrons. The first kappa shape index (κ1) is 18.5. The molecule has 2 aromatic rings. The molecule has 1 aromatic carbocycles. The highest BCUT2D eigenvalue weighted by molar-refractivity contribution is 9.10. The van der Waals surface area contributed by atoms with Crippen molar-refractivity contribution < 1.29 is 18.0 Å². The molecule has 4 nitrogen and oxygen atoms in total. The third-order valence-electron chi connectivity index (χ3n) is 3.13. The van der Waals surface area contributed by atoms with Gasteiger partial charge in [0.05, 0.1) is 5.56 Å². The molecule has 0 spiro atoms. The predicted molar refractivity (Wildman–Crippen MR) is 88.2 cm³/mol. The first-order valence-corrected chi connectivity index (χ1v) is 7.78. The van der Waals surface area contributed by atoms with Crippen LogP contribution in [0.25, 0.3) is 0 Å². The Morgan fingerprint density at radius 2 is 2.00 bits per heavy atom. The number of amides is 1. The fourth-order valence-electron chi connectivity index (χ4n) is 1.95. The van der Waals surface area contributed by atoms with Gasteiger partial charge in [0.1, 0.15) is 11.6 Å². The summed E-state index contributed by atoms with van der Waals surface area (Å²) in [6.07, 6.45) is -4.10. The minimum Gasteiger partial charge on any atom is -0.325 e. The maximum Gasteiger partial charge on any atom is 0.417 e. The number of alkyl halides is 3. The van der Waals surface area contributed by atoms with Gasteiger partial charge in [0.2, 0.25) is 5.91 Å². The molecular weight excluding hydrogens is 413 g/mol. The molecule has 2 rings (SSSR count). The van der Waals surface area contributed by atoms with E-state index in [1.807, 2.05) is 6.92 Å². The van der Waals surface area contributed by atoms with E-state index in [-0.39, 0.29) is 0 Å². The zero-order chi connectivity index (χ0) is 18.1. The summed E-state index contributed by atoms with van der Waals surface area (Å²) < 4.78 is 39.8. The number of anilines is 1. The Morgan fingerprint density at radius 3 is 2.58 bits per heavy atom. The molecule has 1 N–H and O–H groups in total. The third kappa shape index (κ3) is 4.39. The normalized spacial score (nSPS) is 11.4. The molecular formula is C15H11BrClF3N2O2. The van der Waals surface area contributed by atoms with Gasteiger partial charge in [-0.2, -0.15) is 13.2 Å². The highest BCUT2D eigenvalue weighted by Crippen LogP contribution is 2.29. The summed E-state index contributed by atoms with van der Waals surface area (Å²) in [6, 6.07) is 5.56. The van der Waals surface area contributed by atoms with Crippen LogP contribution in [0.2, 0.25) is 5.02 Å². The quantitative estimate of drug-likeness (QED) is 0.803. The first-order chi connectivity index (χ1) is 11.1. The van der Waals surface area contributed by atoms with Crippen LogP contribution in [0, 0.1) is 6.92 Å². The minimum absolute atomic E-state index is 0.465. The van der Waals surface area contributed by atoms with E-state index in [4.69, 9.17) is 11.6 Å². The Kier molecular flexibility index (Phi) is 5.39. The van der Waals surface area contributed by atoms with Gasteiger partial charge in [0.25, 0.3) is 5.56 Å². The van der Waals surface area contributed by atoms with Crippen molar-refractivity contribution in [2.75, 3.05) is 5.32 Å². The van der Waals surface area contributed by atoms with Gasteiger partial charge in [0, 0.05) is 16.4 Å². The van der Waals surface area contributed by atoms with Crippen molar-refractivity contribution in [3.8, 4) is 0 Å². The molecule has 0 unspecified atom stereocenters. The van der Waals surface area contributed by atoms with Gasteiger partial charge in [-0.1, -0.05) is 27.5 Å². The van der Waals surface area contributed by atoms with E-state index in [0.29, 0.717) is 22.5 Å². The maximum absolute atomic E-state index is 12.8. The van der Waals surface area contributed by atoms with Gasteiger partial charge in [-0.25, -0.2) is 0 Å². The highest BCUT2D eigenvalue weighted by Gasteiger charge is 2.32. The molecule has 24 heavy (non-hydrogen) atoms. The summed E-state index contributed by atoms with van der Waals surface area (Å²) in [6.45, 7) is 1.23. The molecule has 1 aromatic heterocycles. The molecule has 0 fully saturated rings. The summed E-state index contributed by atoms with van der Waals surface area (Å²) >= 11 is 8.85. The Labute approximate surface area is 148 Å². The fraction of sp³-hybridized carbons (Fsp3) is 0.200. The molecule has 0 aliphatic rings. The van der Waals surface area contributed by atoms with Crippen LogP contribution in [0.15, 0.2) is 39.7 Å². The van der Waals surface area contributed by atoms with Crippen LogP contribution in [0.1, 0.15) is 11.1 Å². The van der Waals surface area contributed by atoms with Gasteiger partial charge < -0.3 is 9.88 Å². The number of carbonyl (C=O) groups is 1. The summed E-state index contributed by atoms with van der Waals surface area (Å²) in [7, 11) is 0. The second-order valence-corrected chi connectivity index (χ2v) is 6.28. The zero-order valence-corrected chi connectivity index (χ0v) is 14.6. The number of aromatic nitrogens is 1. The topological polar surface area (TPSA) is 51.1 Å². The van der Waals surface area contributed by atoms with Crippen LogP contribution in [0.4, 0.5) is 18.9 Å². The van der Waals surface area contributed by atoms with Crippen molar-refractivity contribution in [1.82, 2.24) is 4.57 Å². The Bertz CT molecular complexity index is 850. The van der Waals surface area contributed by atoms with E-state index < -0.39 is 34.8 Å². The molecule has 0 saturated carbocycles. The maximum atomic E-state index is 12.8. The van der Waals surface area contributed by atoms with E-state index in [2.05, 4.69) is 21.2 Å². The number of halogens is 5. The fourth-order valence-corrected chi connectivity index (χ4v) is 2.42. The minimum atomic E-state index is -4.67. The monoisotopic (exact) mass is 422 g/mol. The van der Waals surface area contributed by atoms with Gasteiger partial charge in [-0.15, -0.1) is 0 Å².